The van der Waals surface area contributed by atoms with Crippen molar-refractivity contribution in [2.24, 2.45) is 5.73 Å². The van der Waals surface area contributed by atoms with Crippen molar-refractivity contribution in [3.05, 3.63) is 29.8 Å². The summed E-state index contributed by atoms with van der Waals surface area (Å²) >= 11 is 0. The molecule has 0 fully saturated rings. The number of rotatable bonds is 5. The van der Waals surface area contributed by atoms with Gasteiger partial charge in [0.2, 0.25) is 0 Å². The number of ether oxygens (including phenoxy) is 1. The van der Waals surface area contributed by atoms with Gasteiger partial charge in [-0.05, 0) is 33.3 Å². The fourth-order valence-electron chi connectivity index (χ4n) is 1.74. The second kappa shape index (κ2) is 6.57. The van der Waals surface area contributed by atoms with Crippen LogP contribution in [0.5, 0.6) is 5.75 Å². The number of carbonyl (C=O) groups excluding carboxylic acids is 1. The molecule has 0 aliphatic heterocycles. The Bertz CT molecular complexity index is 424. The van der Waals surface area contributed by atoms with E-state index in [4.69, 9.17) is 10.5 Å². The number of hydrogen-bond donors (Lipinski definition) is 2. The second-order valence-corrected chi connectivity index (χ2v) is 5.64. The highest BCUT2D eigenvalue weighted by Crippen LogP contribution is 2.25. The van der Waals surface area contributed by atoms with Gasteiger partial charge in [-0.25, -0.2) is 0 Å². The molecule has 106 valence electrons. The number of benzene rings is 1. The fraction of sp³-hybridized carbons (Fsp3) is 0.533. The molecule has 4 nitrogen and oxygen atoms in total. The van der Waals surface area contributed by atoms with Crippen molar-refractivity contribution in [3.63, 3.8) is 0 Å². The van der Waals surface area contributed by atoms with Crippen LogP contribution in [-0.4, -0.2) is 18.1 Å². The summed E-state index contributed by atoms with van der Waals surface area (Å²) in [4.78, 5) is 11.7. The molecular formula is C15H24N2O2. The highest BCUT2D eigenvalue weighted by atomic mass is 16.5. The van der Waals surface area contributed by atoms with Crippen molar-refractivity contribution in [1.29, 1.82) is 0 Å². The molecule has 1 rings (SSSR count). The number of hydrogen-bond acceptors (Lipinski definition) is 3. The Balaban J connectivity index is 2.65. The zero-order valence-corrected chi connectivity index (χ0v) is 12.2. The number of nitrogens with one attached hydrogen (secondary N) is 1. The highest BCUT2D eigenvalue weighted by molar-refractivity contribution is 5.78. The Labute approximate surface area is 115 Å². The van der Waals surface area contributed by atoms with E-state index in [9.17, 15) is 4.79 Å². The van der Waals surface area contributed by atoms with E-state index in [0.717, 1.165) is 12.0 Å². The number of para-hydroxylation sites is 1. The molecule has 0 saturated carbocycles. The Morgan fingerprint density at radius 2 is 2.00 bits per heavy atom. The van der Waals surface area contributed by atoms with Crippen LogP contribution >= 0.6 is 0 Å². The predicted octanol–water partition coefficient (Wildman–Crippen LogP) is 2.39. The van der Waals surface area contributed by atoms with Crippen molar-refractivity contribution in [2.45, 2.75) is 45.7 Å². The first-order valence-corrected chi connectivity index (χ1v) is 6.62. The minimum atomic E-state index is -0.250. The number of nitrogens with two attached hydrogens (primary N) is 1. The van der Waals surface area contributed by atoms with Crippen LogP contribution in [0.25, 0.3) is 0 Å². The molecule has 0 aliphatic rings. The molecule has 0 saturated heterocycles. The van der Waals surface area contributed by atoms with Crippen LogP contribution in [0.2, 0.25) is 0 Å². The first-order valence-electron chi connectivity index (χ1n) is 6.62. The van der Waals surface area contributed by atoms with Crippen LogP contribution < -0.4 is 15.8 Å². The lowest BCUT2D eigenvalue weighted by Crippen LogP contribution is -2.43. The lowest BCUT2D eigenvalue weighted by Gasteiger charge is -2.21. The SMILES string of the molecule is CC[C@H](N)c1ccccc1OCC(=O)NC(C)(C)C. The maximum absolute atomic E-state index is 11.7. The average molecular weight is 264 g/mol. The van der Waals surface area contributed by atoms with Gasteiger partial charge < -0.3 is 15.8 Å². The maximum atomic E-state index is 11.7. The summed E-state index contributed by atoms with van der Waals surface area (Å²) < 4.78 is 5.58. The van der Waals surface area contributed by atoms with E-state index in [0.29, 0.717) is 5.75 Å². The average Bonchev–Trinajstić information content (AvgIpc) is 2.33. The minimum Gasteiger partial charge on any atom is -0.483 e. The van der Waals surface area contributed by atoms with Gasteiger partial charge in [-0.3, -0.25) is 4.79 Å². The standard InChI is InChI=1S/C15H24N2O2/c1-5-12(16)11-8-6-7-9-13(11)19-10-14(18)17-15(2,3)4/h6-9,12H,5,10,16H2,1-4H3,(H,17,18)/t12-/m0/s1. The van der Waals surface area contributed by atoms with E-state index in [-0.39, 0.29) is 24.1 Å². The van der Waals surface area contributed by atoms with Gasteiger partial charge in [-0.2, -0.15) is 0 Å². The van der Waals surface area contributed by atoms with E-state index >= 15 is 0 Å². The Hall–Kier alpha value is -1.55. The zero-order valence-electron chi connectivity index (χ0n) is 12.2. The van der Waals surface area contributed by atoms with Crippen LogP contribution in [0.3, 0.4) is 0 Å². The highest BCUT2D eigenvalue weighted by Gasteiger charge is 2.15. The molecule has 1 amide bonds. The van der Waals surface area contributed by atoms with E-state index in [1.165, 1.54) is 0 Å². The van der Waals surface area contributed by atoms with Crippen LogP contribution in [0.4, 0.5) is 0 Å². The monoisotopic (exact) mass is 264 g/mol. The molecule has 1 aromatic rings. The summed E-state index contributed by atoms with van der Waals surface area (Å²) in [5.74, 6) is 0.549. The van der Waals surface area contributed by atoms with Gasteiger partial charge >= 0.3 is 0 Å². The summed E-state index contributed by atoms with van der Waals surface area (Å²) in [6, 6.07) is 7.51. The Morgan fingerprint density at radius 1 is 1.37 bits per heavy atom. The van der Waals surface area contributed by atoms with Gasteiger partial charge in [-0.15, -0.1) is 0 Å². The molecule has 0 spiro atoms. The van der Waals surface area contributed by atoms with Crippen LogP contribution in [0.15, 0.2) is 24.3 Å². The van der Waals surface area contributed by atoms with Crippen LogP contribution in [0, 0.1) is 0 Å². The normalized spacial score (nSPS) is 12.9. The molecule has 0 radical (unpaired) electrons. The van der Waals surface area contributed by atoms with Crippen molar-refractivity contribution in [1.82, 2.24) is 5.32 Å². The second-order valence-electron chi connectivity index (χ2n) is 5.64. The molecule has 0 aromatic heterocycles. The van der Waals surface area contributed by atoms with Crippen molar-refractivity contribution in [2.75, 3.05) is 6.61 Å². The maximum Gasteiger partial charge on any atom is 0.258 e. The van der Waals surface area contributed by atoms with Gasteiger partial charge in [0, 0.05) is 17.1 Å². The third-order valence-corrected chi connectivity index (χ3v) is 2.63. The van der Waals surface area contributed by atoms with Gasteiger partial charge in [0.15, 0.2) is 6.61 Å². The predicted molar refractivity (Wildman–Crippen MR) is 77.1 cm³/mol. The Kier molecular flexibility index (Phi) is 5.36. The van der Waals surface area contributed by atoms with Gasteiger partial charge in [-0.1, -0.05) is 25.1 Å². The topological polar surface area (TPSA) is 64.3 Å². The fourth-order valence-corrected chi connectivity index (χ4v) is 1.74. The van der Waals surface area contributed by atoms with Crippen molar-refractivity contribution in [3.8, 4) is 5.75 Å². The smallest absolute Gasteiger partial charge is 0.258 e. The van der Waals surface area contributed by atoms with Gasteiger partial charge in [0.1, 0.15) is 5.75 Å². The lowest BCUT2D eigenvalue weighted by atomic mass is 10.0. The molecule has 0 aliphatic carbocycles. The quantitative estimate of drug-likeness (QED) is 0.858. The minimum absolute atomic E-state index is 0.00468. The van der Waals surface area contributed by atoms with E-state index in [1.54, 1.807) is 0 Å². The Morgan fingerprint density at radius 3 is 2.58 bits per heavy atom. The van der Waals surface area contributed by atoms with Gasteiger partial charge in [0.05, 0.1) is 0 Å². The summed E-state index contributed by atoms with van der Waals surface area (Å²) in [5, 5.41) is 2.86. The largest absolute Gasteiger partial charge is 0.483 e. The van der Waals surface area contributed by atoms with Crippen molar-refractivity contribution < 1.29 is 9.53 Å². The van der Waals surface area contributed by atoms with Crippen molar-refractivity contribution >= 4 is 5.91 Å². The van der Waals surface area contributed by atoms with E-state index in [1.807, 2.05) is 52.0 Å². The zero-order chi connectivity index (χ0) is 14.5. The number of amides is 1. The molecule has 19 heavy (non-hydrogen) atoms. The molecule has 0 bridgehead atoms. The van der Waals surface area contributed by atoms with Gasteiger partial charge in [0.25, 0.3) is 5.91 Å². The molecular weight excluding hydrogens is 240 g/mol. The van der Waals surface area contributed by atoms with E-state index in [2.05, 4.69) is 5.32 Å². The summed E-state index contributed by atoms with van der Waals surface area (Å²) in [7, 11) is 0. The third kappa shape index (κ3) is 5.30. The van der Waals surface area contributed by atoms with Crippen LogP contribution in [0.1, 0.15) is 45.7 Å². The molecule has 0 heterocycles. The summed E-state index contributed by atoms with van der Waals surface area (Å²) in [5.41, 5.74) is 6.71. The third-order valence-electron chi connectivity index (χ3n) is 2.63. The molecule has 1 atom stereocenters. The summed E-state index contributed by atoms with van der Waals surface area (Å²) in [6.07, 6.45) is 0.828. The lowest BCUT2D eigenvalue weighted by molar-refractivity contribution is -0.124. The first-order chi connectivity index (χ1) is 8.83. The molecule has 4 heteroatoms. The summed E-state index contributed by atoms with van der Waals surface area (Å²) in [6.45, 7) is 7.84. The number of carbonyl (C=O) groups is 1. The van der Waals surface area contributed by atoms with Crippen LogP contribution in [-0.2, 0) is 4.79 Å². The molecule has 3 N–H and O–H groups in total. The molecule has 0 unspecified atom stereocenters. The first kappa shape index (κ1) is 15.5. The van der Waals surface area contributed by atoms with E-state index < -0.39 is 0 Å². The molecule has 1 aromatic carbocycles.